The number of benzene rings is 1. The summed E-state index contributed by atoms with van der Waals surface area (Å²) in [5.41, 5.74) is 5.46. The van der Waals surface area contributed by atoms with Crippen molar-refractivity contribution in [2.75, 3.05) is 18.5 Å². The highest BCUT2D eigenvalue weighted by Crippen LogP contribution is 2.41. The van der Waals surface area contributed by atoms with E-state index in [9.17, 15) is 0 Å². The van der Waals surface area contributed by atoms with Crippen LogP contribution in [0.25, 0.3) is 11.1 Å². The molecule has 2 aromatic rings. The van der Waals surface area contributed by atoms with Crippen LogP contribution in [-0.4, -0.2) is 23.4 Å². The van der Waals surface area contributed by atoms with E-state index in [1.165, 1.54) is 22.4 Å². The van der Waals surface area contributed by atoms with Gasteiger partial charge in [0.25, 0.3) is 0 Å². The van der Waals surface area contributed by atoms with Crippen molar-refractivity contribution >= 4 is 5.69 Å². The van der Waals surface area contributed by atoms with Crippen molar-refractivity contribution in [2.24, 2.45) is 7.05 Å². The van der Waals surface area contributed by atoms with E-state index >= 15 is 0 Å². The Labute approximate surface area is 122 Å². The fourth-order valence-electron chi connectivity index (χ4n) is 2.92. The summed E-state index contributed by atoms with van der Waals surface area (Å²) in [4.78, 5) is 2.34. The van der Waals surface area contributed by atoms with Gasteiger partial charge in [-0.25, -0.2) is 0 Å². The molecule has 0 amide bonds. The Hall–Kier alpha value is -1.77. The zero-order chi connectivity index (χ0) is 14.9. The highest BCUT2D eigenvalue weighted by Gasteiger charge is 2.33. The van der Waals surface area contributed by atoms with Gasteiger partial charge in [-0.3, -0.25) is 4.68 Å². The maximum absolute atomic E-state index is 4.24. The van der Waals surface area contributed by atoms with Crippen LogP contribution in [0.1, 0.15) is 33.3 Å². The molecule has 0 saturated heterocycles. The van der Waals surface area contributed by atoms with Crippen LogP contribution in [0.2, 0.25) is 0 Å². The molecule has 2 heterocycles. The lowest BCUT2D eigenvalue weighted by atomic mass is 9.85. The van der Waals surface area contributed by atoms with Crippen LogP contribution in [0.3, 0.4) is 0 Å². The van der Waals surface area contributed by atoms with E-state index in [0.717, 1.165) is 6.54 Å². The average molecular weight is 271 g/mol. The van der Waals surface area contributed by atoms with Gasteiger partial charge in [0.1, 0.15) is 0 Å². The maximum atomic E-state index is 4.24. The number of anilines is 1. The molecule has 3 heteroatoms. The predicted molar refractivity (Wildman–Crippen MR) is 86.3 cm³/mol. The number of hydrogen-bond donors (Lipinski definition) is 0. The quantitative estimate of drug-likeness (QED) is 0.785. The first-order chi connectivity index (χ1) is 9.47. The second-order valence-electron chi connectivity index (χ2n) is 5.87. The van der Waals surface area contributed by atoms with E-state index in [-0.39, 0.29) is 5.41 Å². The average Bonchev–Trinajstić information content (AvgIpc) is 2.95. The van der Waals surface area contributed by atoms with Crippen molar-refractivity contribution in [2.45, 2.75) is 33.1 Å². The third kappa shape index (κ3) is 2.45. The molecule has 1 aromatic carbocycles. The fraction of sp³-hybridized carbons (Fsp3) is 0.471. The standard InChI is InChI=1S/C15H19N3.C2H6/c1-15(2)10-17(3)14-6-5-11(7-13(14)15)12-8-16-18(4)9-12;1-2/h5-9H,10H2,1-4H3;1-2H3. The van der Waals surface area contributed by atoms with Gasteiger partial charge < -0.3 is 4.90 Å². The molecule has 0 bridgehead atoms. The zero-order valence-electron chi connectivity index (χ0n) is 13.4. The van der Waals surface area contributed by atoms with Crippen LogP contribution < -0.4 is 4.90 Å². The first-order valence-electron chi connectivity index (χ1n) is 7.32. The summed E-state index contributed by atoms with van der Waals surface area (Å²) in [7, 11) is 4.12. The van der Waals surface area contributed by atoms with Gasteiger partial charge >= 0.3 is 0 Å². The molecule has 0 saturated carbocycles. The predicted octanol–water partition coefficient (Wildman–Crippen LogP) is 3.84. The number of aryl methyl sites for hydroxylation is 1. The Kier molecular flexibility index (Phi) is 3.89. The lowest BCUT2D eigenvalue weighted by Gasteiger charge is -2.18. The molecule has 0 fully saturated rings. The van der Waals surface area contributed by atoms with Crippen LogP contribution in [0.15, 0.2) is 30.6 Å². The Morgan fingerprint density at radius 3 is 2.40 bits per heavy atom. The zero-order valence-corrected chi connectivity index (χ0v) is 13.4. The fourth-order valence-corrected chi connectivity index (χ4v) is 2.92. The van der Waals surface area contributed by atoms with Crippen molar-refractivity contribution in [1.29, 1.82) is 0 Å². The second kappa shape index (κ2) is 5.31. The van der Waals surface area contributed by atoms with Crippen LogP contribution in [0, 0.1) is 0 Å². The van der Waals surface area contributed by atoms with E-state index in [4.69, 9.17) is 0 Å². The van der Waals surface area contributed by atoms with Gasteiger partial charge in [0, 0.05) is 43.5 Å². The first kappa shape index (κ1) is 14.6. The van der Waals surface area contributed by atoms with Crippen molar-refractivity contribution in [3.05, 3.63) is 36.2 Å². The molecule has 1 aliphatic rings. The van der Waals surface area contributed by atoms with E-state index in [2.05, 4.69) is 55.3 Å². The Bertz CT molecular complexity index is 596. The summed E-state index contributed by atoms with van der Waals surface area (Å²) < 4.78 is 1.85. The molecule has 0 radical (unpaired) electrons. The normalized spacial score (nSPS) is 15.6. The molecule has 0 unspecified atom stereocenters. The monoisotopic (exact) mass is 271 g/mol. The van der Waals surface area contributed by atoms with E-state index < -0.39 is 0 Å². The van der Waals surface area contributed by atoms with Crippen LogP contribution in [-0.2, 0) is 12.5 Å². The van der Waals surface area contributed by atoms with Crippen LogP contribution in [0.4, 0.5) is 5.69 Å². The van der Waals surface area contributed by atoms with Crippen LogP contribution >= 0.6 is 0 Å². The first-order valence-corrected chi connectivity index (χ1v) is 7.32. The molecule has 0 atom stereocenters. The summed E-state index contributed by atoms with van der Waals surface area (Å²) in [6.07, 6.45) is 3.99. The third-order valence-corrected chi connectivity index (χ3v) is 3.81. The lowest BCUT2D eigenvalue weighted by Crippen LogP contribution is -2.24. The topological polar surface area (TPSA) is 21.1 Å². The summed E-state index contributed by atoms with van der Waals surface area (Å²) in [5, 5.41) is 4.24. The third-order valence-electron chi connectivity index (χ3n) is 3.81. The minimum absolute atomic E-state index is 0.225. The SMILES string of the molecule is CC.CN1CC(C)(C)c2cc(-c3cnn(C)c3)ccc21. The number of fused-ring (bicyclic) bond motifs is 1. The molecule has 20 heavy (non-hydrogen) atoms. The summed E-state index contributed by atoms with van der Waals surface area (Å²) in [6.45, 7) is 9.70. The van der Waals surface area contributed by atoms with Gasteiger partial charge in [-0.05, 0) is 23.3 Å². The molecule has 3 rings (SSSR count). The van der Waals surface area contributed by atoms with E-state index in [1.807, 2.05) is 31.8 Å². The molecule has 3 nitrogen and oxygen atoms in total. The van der Waals surface area contributed by atoms with Gasteiger partial charge in [-0.2, -0.15) is 5.10 Å². The highest BCUT2D eigenvalue weighted by atomic mass is 15.2. The van der Waals surface area contributed by atoms with Crippen LogP contribution in [0.5, 0.6) is 0 Å². The largest absolute Gasteiger partial charge is 0.373 e. The summed E-state index contributed by atoms with van der Waals surface area (Å²) in [6, 6.07) is 6.73. The van der Waals surface area contributed by atoms with Gasteiger partial charge in [-0.1, -0.05) is 33.8 Å². The summed E-state index contributed by atoms with van der Waals surface area (Å²) in [5.74, 6) is 0. The highest BCUT2D eigenvalue weighted by molar-refractivity contribution is 5.71. The smallest absolute Gasteiger partial charge is 0.0568 e. The molecule has 0 N–H and O–H groups in total. The summed E-state index contributed by atoms with van der Waals surface area (Å²) >= 11 is 0. The van der Waals surface area contributed by atoms with Gasteiger partial charge in [0.05, 0.1) is 6.20 Å². The molecular formula is C17H25N3. The Morgan fingerprint density at radius 2 is 1.80 bits per heavy atom. The molecule has 1 aliphatic heterocycles. The molecule has 108 valence electrons. The van der Waals surface area contributed by atoms with Gasteiger partial charge in [-0.15, -0.1) is 0 Å². The van der Waals surface area contributed by atoms with Crippen molar-refractivity contribution in [3.63, 3.8) is 0 Å². The number of hydrogen-bond acceptors (Lipinski definition) is 2. The number of nitrogens with zero attached hydrogens (tertiary/aromatic N) is 3. The molecule has 1 aromatic heterocycles. The van der Waals surface area contributed by atoms with Crippen molar-refractivity contribution in [1.82, 2.24) is 9.78 Å². The second-order valence-corrected chi connectivity index (χ2v) is 5.87. The molecule has 0 spiro atoms. The number of aromatic nitrogens is 2. The molecule has 0 aliphatic carbocycles. The lowest BCUT2D eigenvalue weighted by molar-refractivity contribution is 0.563. The van der Waals surface area contributed by atoms with Crippen molar-refractivity contribution in [3.8, 4) is 11.1 Å². The maximum Gasteiger partial charge on any atom is 0.0568 e. The van der Waals surface area contributed by atoms with E-state index in [1.54, 1.807) is 0 Å². The number of rotatable bonds is 1. The van der Waals surface area contributed by atoms with E-state index in [0.29, 0.717) is 0 Å². The Morgan fingerprint density at radius 1 is 1.10 bits per heavy atom. The van der Waals surface area contributed by atoms with Crippen molar-refractivity contribution < 1.29 is 0 Å². The van der Waals surface area contributed by atoms with Gasteiger partial charge in [0.15, 0.2) is 0 Å². The minimum Gasteiger partial charge on any atom is -0.373 e. The number of likely N-dealkylation sites (N-methyl/N-ethyl adjacent to an activating group) is 1. The van der Waals surface area contributed by atoms with Gasteiger partial charge in [0.2, 0.25) is 0 Å². The molecular weight excluding hydrogens is 246 g/mol. The minimum atomic E-state index is 0.225. The Balaban J connectivity index is 0.000000704.